The lowest BCUT2D eigenvalue weighted by Crippen LogP contribution is -2.47. The summed E-state index contributed by atoms with van der Waals surface area (Å²) in [6.45, 7) is 4.19. The third-order valence-electron chi connectivity index (χ3n) is 3.93. The Hall–Kier alpha value is -2.71. The van der Waals surface area contributed by atoms with Crippen molar-refractivity contribution in [3.05, 3.63) is 59.7 Å². The summed E-state index contributed by atoms with van der Waals surface area (Å²) in [5.41, 5.74) is 5.14. The number of carbonyl (C=O) groups is 2. The van der Waals surface area contributed by atoms with Crippen molar-refractivity contribution in [2.75, 3.05) is 18.5 Å². The number of carbonyl (C=O) groups excluding carboxylic acids is 2. The summed E-state index contributed by atoms with van der Waals surface area (Å²) in [6.07, 6.45) is 0. The van der Waals surface area contributed by atoms with Crippen LogP contribution >= 0.6 is 12.4 Å². The normalized spacial score (nSPS) is 11.4. The lowest BCUT2D eigenvalue weighted by molar-refractivity contribution is -0.118. The molecule has 0 radical (unpaired) electrons. The van der Waals surface area contributed by atoms with Crippen LogP contribution in [0.15, 0.2) is 42.5 Å². The second kappa shape index (κ2) is 11.3. The second-order valence-electron chi connectivity index (χ2n) is 6.44. The minimum atomic E-state index is -0.992. The van der Waals surface area contributed by atoms with E-state index >= 15 is 0 Å². The molecule has 29 heavy (non-hydrogen) atoms. The van der Waals surface area contributed by atoms with Gasteiger partial charge in [-0.15, -0.1) is 12.4 Å². The number of nitrogens with one attached hydrogen (secondary N) is 2. The van der Waals surface area contributed by atoms with Gasteiger partial charge >= 0.3 is 0 Å². The van der Waals surface area contributed by atoms with Gasteiger partial charge in [0.05, 0.1) is 0 Å². The quantitative estimate of drug-likeness (QED) is 0.603. The van der Waals surface area contributed by atoms with Crippen LogP contribution in [0.25, 0.3) is 0 Å². The van der Waals surface area contributed by atoms with Gasteiger partial charge in [0, 0.05) is 12.2 Å². The summed E-state index contributed by atoms with van der Waals surface area (Å²) in [7, 11) is 0. The fourth-order valence-electron chi connectivity index (χ4n) is 2.49. The summed E-state index contributed by atoms with van der Waals surface area (Å²) in [4.78, 5) is 24.9. The molecule has 0 saturated heterocycles. The number of hydrogen-bond donors (Lipinski definition) is 3. The number of anilines is 1. The van der Waals surface area contributed by atoms with Gasteiger partial charge < -0.3 is 21.1 Å². The van der Waals surface area contributed by atoms with Crippen molar-refractivity contribution in [3.8, 4) is 5.75 Å². The third-order valence-corrected chi connectivity index (χ3v) is 3.93. The average molecular weight is 428 g/mol. The molecule has 0 aliphatic carbocycles. The molecule has 0 aromatic heterocycles. The van der Waals surface area contributed by atoms with Gasteiger partial charge in [-0.05, 0) is 42.3 Å². The van der Waals surface area contributed by atoms with Crippen LogP contribution in [0.4, 0.5) is 14.5 Å². The van der Waals surface area contributed by atoms with Crippen LogP contribution in [0.2, 0.25) is 0 Å². The van der Waals surface area contributed by atoms with Gasteiger partial charge in [-0.2, -0.15) is 0 Å². The van der Waals surface area contributed by atoms with Crippen LogP contribution < -0.4 is 21.1 Å². The van der Waals surface area contributed by atoms with Crippen LogP contribution in [0.5, 0.6) is 5.75 Å². The summed E-state index contributed by atoms with van der Waals surface area (Å²) in [5.74, 6) is -3.19. The predicted molar refractivity (Wildman–Crippen MR) is 109 cm³/mol. The molecule has 2 aromatic rings. The largest absolute Gasteiger partial charge is 0.492 e. The van der Waals surface area contributed by atoms with Crippen LogP contribution in [0.1, 0.15) is 24.2 Å². The summed E-state index contributed by atoms with van der Waals surface area (Å²) < 4.78 is 33.0. The summed E-state index contributed by atoms with van der Waals surface area (Å²) >= 11 is 0. The number of rotatable bonds is 8. The zero-order valence-electron chi connectivity index (χ0n) is 16.1. The highest BCUT2D eigenvalue weighted by Crippen LogP contribution is 2.17. The fourth-order valence-corrected chi connectivity index (χ4v) is 2.49. The molecule has 2 aromatic carbocycles. The maximum atomic E-state index is 13.8. The van der Waals surface area contributed by atoms with E-state index in [1.165, 1.54) is 0 Å². The fraction of sp³-hybridized carbons (Fsp3) is 0.300. The van der Waals surface area contributed by atoms with Crippen LogP contribution in [0.3, 0.4) is 0 Å². The summed E-state index contributed by atoms with van der Waals surface area (Å²) in [6, 6.07) is 8.76. The molecular formula is C20H24ClF2N3O3. The average Bonchev–Trinajstić information content (AvgIpc) is 2.65. The Labute approximate surface area is 174 Å². The number of hydrogen-bond acceptors (Lipinski definition) is 4. The monoisotopic (exact) mass is 427 g/mol. The van der Waals surface area contributed by atoms with Crippen LogP contribution in [0, 0.1) is 17.6 Å². The van der Waals surface area contributed by atoms with Crippen molar-refractivity contribution < 1.29 is 23.1 Å². The molecular weight excluding hydrogens is 404 g/mol. The van der Waals surface area contributed by atoms with Crippen molar-refractivity contribution in [2.45, 2.75) is 19.9 Å². The van der Waals surface area contributed by atoms with E-state index in [9.17, 15) is 18.4 Å². The Morgan fingerprint density at radius 2 is 1.66 bits per heavy atom. The van der Waals surface area contributed by atoms with Crippen molar-refractivity contribution >= 4 is 29.9 Å². The van der Waals surface area contributed by atoms with Crippen LogP contribution in [-0.4, -0.2) is 31.0 Å². The number of halogens is 3. The molecule has 6 nitrogen and oxygen atoms in total. The molecule has 0 aliphatic rings. The SMILES string of the molecule is CC(C)C(NC(=O)c1c(F)cccc1F)C(=O)Nc1ccc(OCCN)cc1.Cl. The topological polar surface area (TPSA) is 93.5 Å². The van der Waals surface area contributed by atoms with Gasteiger partial charge in [-0.25, -0.2) is 8.78 Å². The lowest BCUT2D eigenvalue weighted by atomic mass is 10.0. The smallest absolute Gasteiger partial charge is 0.257 e. The zero-order chi connectivity index (χ0) is 20.7. The minimum Gasteiger partial charge on any atom is -0.492 e. The first kappa shape index (κ1) is 24.3. The minimum absolute atomic E-state index is 0. The molecule has 0 saturated carbocycles. The molecule has 0 spiro atoms. The Balaban J connectivity index is 0.00000420. The van der Waals surface area contributed by atoms with Gasteiger partial charge in [0.15, 0.2) is 0 Å². The van der Waals surface area contributed by atoms with Gasteiger partial charge in [0.2, 0.25) is 5.91 Å². The Bertz CT molecular complexity index is 812. The van der Waals surface area contributed by atoms with E-state index in [2.05, 4.69) is 10.6 Å². The number of amides is 2. The molecule has 0 bridgehead atoms. The second-order valence-corrected chi connectivity index (χ2v) is 6.44. The maximum absolute atomic E-state index is 13.8. The molecule has 4 N–H and O–H groups in total. The van der Waals surface area contributed by atoms with Crippen molar-refractivity contribution in [2.24, 2.45) is 11.7 Å². The van der Waals surface area contributed by atoms with E-state index in [1.807, 2.05) is 0 Å². The highest BCUT2D eigenvalue weighted by atomic mass is 35.5. The predicted octanol–water partition coefficient (Wildman–Crippen LogP) is 3.12. The molecule has 158 valence electrons. The van der Waals surface area contributed by atoms with Crippen LogP contribution in [-0.2, 0) is 4.79 Å². The molecule has 0 heterocycles. The van der Waals surface area contributed by atoms with Gasteiger partial charge in [0.25, 0.3) is 5.91 Å². The molecule has 0 aliphatic heterocycles. The number of benzene rings is 2. The maximum Gasteiger partial charge on any atom is 0.257 e. The van der Waals surface area contributed by atoms with Gasteiger partial charge in [-0.1, -0.05) is 19.9 Å². The molecule has 2 rings (SSSR count). The molecule has 1 unspecified atom stereocenters. The highest BCUT2D eigenvalue weighted by Gasteiger charge is 2.27. The first-order chi connectivity index (χ1) is 13.3. The first-order valence-electron chi connectivity index (χ1n) is 8.82. The number of ether oxygens (including phenoxy) is 1. The van der Waals surface area contributed by atoms with E-state index in [4.69, 9.17) is 10.5 Å². The van der Waals surface area contributed by atoms with Crippen molar-refractivity contribution in [1.82, 2.24) is 5.32 Å². The Kier molecular flexibility index (Phi) is 9.50. The van der Waals surface area contributed by atoms with E-state index in [-0.39, 0.29) is 18.3 Å². The summed E-state index contributed by atoms with van der Waals surface area (Å²) in [5, 5.41) is 5.08. The van der Waals surface area contributed by atoms with E-state index in [0.29, 0.717) is 24.6 Å². The van der Waals surface area contributed by atoms with Crippen molar-refractivity contribution in [1.29, 1.82) is 0 Å². The van der Waals surface area contributed by atoms with Gasteiger partial charge in [0.1, 0.15) is 35.6 Å². The van der Waals surface area contributed by atoms with E-state index in [0.717, 1.165) is 18.2 Å². The van der Waals surface area contributed by atoms with Crippen molar-refractivity contribution in [3.63, 3.8) is 0 Å². The number of nitrogens with two attached hydrogens (primary N) is 1. The first-order valence-corrected chi connectivity index (χ1v) is 8.82. The highest BCUT2D eigenvalue weighted by molar-refractivity contribution is 6.01. The molecule has 2 amide bonds. The van der Waals surface area contributed by atoms with Gasteiger partial charge in [-0.3, -0.25) is 9.59 Å². The van der Waals surface area contributed by atoms with E-state index in [1.54, 1.807) is 38.1 Å². The Morgan fingerprint density at radius 1 is 1.07 bits per heavy atom. The van der Waals surface area contributed by atoms with E-state index < -0.39 is 35.1 Å². The Morgan fingerprint density at radius 3 is 2.17 bits per heavy atom. The molecule has 9 heteroatoms. The standard InChI is InChI=1S/C20H23F2N3O3.ClH/c1-12(2)18(25-19(26)17-15(21)4-3-5-16(17)22)20(27)24-13-6-8-14(9-7-13)28-11-10-23;/h3-9,12,18H,10-11,23H2,1-2H3,(H,24,27)(H,25,26);1H. The zero-order valence-corrected chi connectivity index (χ0v) is 16.9. The lowest BCUT2D eigenvalue weighted by Gasteiger charge is -2.22. The molecule has 1 atom stereocenters. The molecule has 0 fully saturated rings. The third kappa shape index (κ3) is 6.69.